The molecule has 2 aromatic carbocycles. The normalized spacial score (nSPS) is 17.0. The van der Waals surface area contributed by atoms with Crippen molar-refractivity contribution in [2.45, 2.75) is 30.2 Å². The summed E-state index contributed by atoms with van der Waals surface area (Å²) in [6, 6.07) is 13.3. The molecule has 1 aliphatic heterocycles. The molecule has 0 saturated carbocycles. The average molecular weight is 437 g/mol. The van der Waals surface area contributed by atoms with Crippen LogP contribution in [0, 0.1) is 0 Å². The zero-order chi connectivity index (χ0) is 20.9. The Morgan fingerprint density at radius 1 is 1.21 bits per heavy atom. The van der Waals surface area contributed by atoms with E-state index in [1.54, 1.807) is 19.2 Å². The highest BCUT2D eigenvalue weighted by Gasteiger charge is 2.37. The highest BCUT2D eigenvalue weighted by Crippen LogP contribution is 2.36. The van der Waals surface area contributed by atoms with Crippen molar-refractivity contribution >= 4 is 27.5 Å². The van der Waals surface area contributed by atoms with Gasteiger partial charge < -0.3 is 10.1 Å². The molecule has 2 aromatic rings. The van der Waals surface area contributed by atoms with E-state index in [4.69, 9.17) is 16.3 Å². The number of benzene rings is 2. The molecule has 1 amide bonds. The van der Waals surface area contributed by atoms with Gasteiger partial charge in [-0.05, 0) is 48.2 Å². The Morgan fingerprint density at radius 2 is 1.93 bits per heavy atom. The molecule has 156 valence electrons. The Kier molecular flexibility index (Phi) is 7.29. The van der Waals surface area contributed by atoms with Crippen LogP contribution in [0.25, 0.3) is 0 Å². The minimum absolute atomic E-state index is 0.0663. The fourth-order valence-corrected chi connectivity index (χ4v) is 5.29. The van der Waals surface area contributed by atoms with Crippen LogP contribution in [0.1, 0.15) is 30.0 Å². The number of halogens is 1. The minimum atomic E-state index is -3.77. The number of methoxy groups -OCH3 is 1. The van der Waals surface area contributed by atoms with Gasteiger partial charge in [0, 0.05) is 38.2 Å². The van der Waals surface area contributed by atoms with E-state index in [2.05, 4.69) is 5.32 Å². The molecule has 1 aliphatic rings. The molecule has 0 aromatic heterocycles. The van der Waals surface area contributed by atoms with Gasteiger partial charge in [0.25, 0.3) is 0 Å². The maximum atomic E-state index is 13.3. The fourth-order valence-electron chi connectivity index (χ4n) is 3.56. The van der Waals surface area contributed by atoms with Crippen LogP contribution >= 0.6 is 11.6 Å². The second-order valence-corrected chi connectivity index (χ2v) is 9.26. The van der Waals surface area contributed by atoms with Crippen LogP contribution in [-0.2, 0) is 26.0 Å². The first-order valence-electron chi connectivity index (χ1n) is 9.54. The van der Waals surface area contributed by atoms with Gasteiger partial charge in [0.15, 0.2) is 0 Å². The molecule has 0 saturated heterocycles. The number of carbonyl (C=O) groups excluding carboxylic acids is 1. The highest BCUT2D eigenvalue weighted by molar-refractivity contribution is 7.89. The van der Waals surface area contributed by atoms with Crippen molar-refractivity contribution in [2.75, 3.05) is 26.8 Å². The third-order valence-electron chi connectivity index (χ3n) is 5.01. The number of nitrogens with one attached hydrogen (secondary N) is 1. The lowest BCUT2D eigenvalue weighted by Crippen LogP contribution is -2.42. The quantitative estimate of drug-likeness (QED) is 0.645. The van der Waals surface area contributed by atoms with Gasteiger partial charge in [0.1, 0.15) is 0 Å². The number of fused-ring (bicyclic) bond motifs is 1. The average Bonchev–Trinajstić information content (AvgIpc) is 2.71. The van der Waals surface area contributed by atoms with Crippen LogP contribution < -0.4 is 5.32 Å². The lowest BCUT2D eigenvalue weighted by Gasteiger charge is -2.36. The third-order valence-corrected chi connectivity index (χ3v) is 7.18. The Hall–Kier alpha value is -1.93. The molecule has 6 nitrogen and oxygen atoms in total. The van der Waals surface area contributed by atoms with Gasteiger partial charge in [-0.15, -0.1) is 0 Å². The summed E-state index contributed by atoms with van der Waals surface area (Å²) < 4.78 is 33.1. The molecule has 1 N–H and O–H groups in total. The van der Waals surface area contributed by atoms with Crippen LogP contribution in [-0.4, -0.2) is 45.4 Å². The van der Waals surface area contributed by atoms with Gasteiger partial charge in [-0.2, -0.15) is 4.31 Å². The first-order valence-corrected chi connectivity index (χ1v) is 11.4. The van der Waals surface area contributed by atoms with E-state index in [1.807, 2.05) is 24.3 Å². The highest BCUT2D eigenvalue weighted by atomic mass is 35.5. The van der Waals surface area contributed by atoms with Gasteiger partial charge >= 0.3 is 0 Å². The number of amides is 1. The van der Waals surface area contributed by atoms with Crippen molar-refractivity contribution < 1.29 is 17.9 Å². The zero-order valence-corrected chi connectivity index (χ0v) is 17.9. The number of nitrogens with zero attached hydrogens (tertiary/aromatic N) is 1. The number of hydrogen-bond acceptors (Lipinski definition) is 4. The second-order valence-electron chi connectivity index (χ2n) is 6.93. The predicted octanol–water partition coefficient (Wildman–Crippen LogP) is 3.17. The molecule has 0 aliphatic carbocycles. The molecule has 0 spiro atoms. The van der Waals surface area contributed by atoms with Gasteiger partial charge in [-0.1, -0.05) is 35.9 Å². The van der Waals surface area contributed by atoms with Crippen molar-refractivity contribution in [3.05, 3.63) is 64.7 Å². The van der Waals surface area contributed by atoms with Crippen LogP contribution in [0.15, 0.2) is 53.4 Å². The van der Waals surface area contributed by atoms with E-state index in [1.165, 1.54) is 16.4 Å². The number of carbonyl (C=O) groups is 1. The van der Waals surface area contributed by atoms with Gasteiger partial charge in [-0.25, -0.2) is 8.42 Å². The molecule has 0 bridgehead atoms. The molecule has 3 rings (SSSR count). The van der Waals surface area contributed by atoms with Crippen LogP contribution in [0.3, 0.4) is 0 Å². The van der Waals surface area contributed by atoms with Gasteiger partial charge in [0.05, 0.1) is 10.9 Å². The first kappa shape index (κ1) is 21.8. The summed E-state index contributed by atoms with van der Waals surface area (Å²) >= 11 is 5.91. The van der Waals surface area contributed by atoms with Crippen molar-refractivity contribution in [1.29, 1.82) is 0 Å². The van der Waals surface area contributed by atoms with Crippen molar-refractivity contribution in [3.8, 4) is 0 Å². The molecule has 0 unspecified atom stereocenters. The molecule has 1 heterocycles. The zero-order valence-electron chi connectivity index (χ0n) is 16.3. The smallest absolute Gasteiger partial charge is 0.243 e. The standard InChI is InChI=1S/C21H25ClN2O4S/c1-28-14-4-12-23-21(25)15-20-19-6-3-2-5-16(19)11-13-24(20)29(26,27)18-9-7-17(22)8-10-18/h2-3,5-10,20H,4,11-15H2,1H3,(H,23,25)/t20-/m0/s1. The molecule has 1 atom stereocenters. The Balaban J connectivity index is 1.87. The lowest BCUT2D eigenvalue weighted by molar-refractivity contribution is -0.122. The van der Waals surface area contributed by atoms with Crippen LogP contribution in [0.4, 0.5) is 0 Å². The number of rotatable bonds is 8. The van der Waals surface area contributed by atoms with E-state index in [0.717, 1.165) is 11.1 Å². The molecule has 29 heavy (non-hydrogen) atoms. The van der Waals surface area contributed by atoms with E-state index in [9.17, 15) is 13.2 Å². The first-order chi connectivity index (χ1) is 13.9. The summed E-state index contributed by atoms with van der Waals surface area (Å²) in [5.41, 5.74) is 1.95. The summed E-state index contributed by atoms with van der Waals surface area (Å²) in [4.78, 5) is 12.7. The largest absolute Gasteiger partial charge is 0.385 e. The summed E-state index contributed by atoms with van der Waals surface area (Å²) in [5.74, 6) is -0.181. The van der Waals surface area contributed by atoms with E-state index < -0.39 is 16.1 Å². The molecule has 8 heteroatoms. The molecular weight excluding hydrogens is 412 g/mol. The fraction of sp³-hybridized carbons (Fsp3) is 0.381. The Bertz CT molecular complexity index is 947. The minimum Gasteiger partial charge on any atom is -0.385 e. The summed E-state index contributed by atoms with van der Waals surface area (Å²) in [6.07, 6.45) is 1.38. The Morgan fingerprint density at radius 3 is 2.66 bits per heavy atom. The lowest BCUT2D eigenvalue weighted by atomic mass is 9.92. The van der Waals surface area contributed by atoms with Crippen LogP contribution in [0.5, 0.6) is 0 Å². The van der Waals surface area contributed by atoms with Gasteiger partial charge in [-0.3, -0.25) is 4.79 Å². The number of sulfonamides is 1. The monoisotopic (exact) mass is 436 g/mol. The molecule has 0 fully saturated rings. The third kappa shape index (κ3) is 5.17. The summed E-state index contributed by atoms with van der Waals surface area (Å²) in [6.45, 7) is 1.37. The summed E-state index contributed by atoms with van der Waals surface area (Å²) in [5, 5.41) is 3.33. The molecule has 0 radical (unpaired) electrons. The van der Waals surface area contributed by atoms with Crippen molar-refractivity contribution in [3.63, 3.8) is 0 Å². The molecular formula is C21H25ClN2O4S. The van der Waals surface area contributed by atoms with E-state index >= 15 is 0 Å². The summed E-state index contributed by atoms with van der Waals surface area (Å²) in [7, 11) is -2.16. The van der Waals surface area contributed by atoms with Gasteiger partial charge in [0.2, 0.25) is 15.9 Å². The van der Waals surface area contributed by atoms with Crippen molar-refractivity contribution in [1.82, 2.24) is 9.62 Å². The van der Waals surface area contributed by atoms with Crippen molar-refractivity contribution in [2.24, 2.45) is 0 Å². The number of hydrogen-bond donors (Lipinski definition) is 1. The second kappa shape index (κ2) is 9.71. The van der Waals surface area contributed by atoms with E-state index in [-0.39, 0.29) is 17.2 Å². The SMILES string of the molecule is COCCCNC(=O)C[C@H]1c2ccccc2CCN1S(=O)(=O)c1ccc(Cl)cc1. The predicted molar refractivity (Wildman–Crippen MR) is 112 cm³/mol. The maximum Gasteiger partial charge on any atom is 0.243 e. The van der Waals surface area contributed by atoms with Crippen LogP contribution in [0.2, 0.25) is 5.02 Å². The number of ether oxygens (including phenoxy) is 1. The Labute approximate surface area is 176 Å². The van der Waals surface area contributed by atoms with E-state index in [0.29, 0.717) is 37.6 Å². The maximum absolute atomic E-state index is 13.3. The topological polar surface area (TPSA) is 75.7 Å².